The summed E-state index contributed by atoms with van der Waals surface area (Å²) in [6.07, 6.45) is 1.72. The van der Waals surface area contributed by atoms with Crippen LogP contribution in [0, 0.1) is 6.92 Å². The number of imide groups is 1. The standard InChI is InChI=1S/C19H18N2O3S/c1-13-4-3-5-15(10-13)20-12-21-18(22)17(25-19(21)23)11-14-6-8-16(24-2)9-7-14/h3-11,20H,12H2,1-2H3. The minimum absolute atomic E-state index is 0.147. The first-order valence-corrected chi connectivity index (χ1v) is 8.58. The Bertz CT molecular complexity index is 831. The predicted octanol–water partition coefficient (Wildman–Crippen LogP) is 4.11. The lowest BCUT2D eigenvalue weighted by atomic mass is 10.2. The van der Waals surface area contributed by atoms with Crippen molar-refractivity contribution in [2.24, 2.45) is 0 Å². The van der Waals surface area contributed by atoms with E-state index in [1.807, 2.05) is 55.5 Å². The van der Waals surface area contributed by atoms with Crippen LogP contribution in [0.3, 0.4) is 0 Å². The average Bonchev–Trinajstić information content (AvgIpc) is 2.87. The smallest absolute Gasteiger partial charge is 0.295 e. The van der Waals surface area contributed by atoms with Crippen LogP contribution >= 0.6 is 11.8 Å². The minimum Gasteiger partial charge on any atom is -0.497 e. The molecule has 0 radical (unpaired) electrons. The first kappa shape index (κ1) is 17.1. The number of methoxy groups -OCH3 is 1. The maximum absolute atomic E-state index is 12.5. The third-order valence-corrected chi connectivity index (χ3v) is 4.65. The lowest BCUT2D eigenvalue weighted by molar-refractivity contribution is -0.122. The third kappa shape index (κ3) is 4.03. The molecule has 2 aromatic carbocycles. The van der Waals surface area contributed by atoms with Gasteiger partial charge < -0.3 is 10.1 Å². The number of benzene rings is 2. The zero-order chi connectivity index (χ0) is 17.8. The summed E-state index contributed by atoms with van der Waals surface area (Å²) in [7, 11) is 1.60. The van der Waals surface area contributed by atoms with E-state index >= 15 is 0 Å². The van der Waals surface area contributed by atoms with E-state index < -0.39 is 0 Å². The molecule has 2 aromatic rings. The molecule has 0 spiro atoms. The molecule has 0 atom stereocenters. The molecule has 0 bridgehead atoms. The summed E-state index contributed by atoms with van der Waals surface area (Å²) in [6, 6.07) is 15.1. The first-order chi connectivity index (χ1) is 12.1. The van der Waals surface area contributed by atoms with Crippen LogP contribution in [0.25, 0.3) is 6.08 Å². The molecule has 1 heterocycles. The van der Waals surface area contributed by atoms with E-state index in [9.17, 15) is 9.59 Å². The van der Waals surface area contributed by atoms with Crippen molar-refractivity contribution in [3.63, 3.8) is 0 Å². The van der Waals surface area contributed by atoms with Crippen molar-refractivity contribution in [2.75, 3.05) is 19.1 Å². The topological polar surface area (TPSA) is 58.6 Å². The van der Waals surface area contributed by atoms with Crippen molar-refractivity contribution in [1.29, 1.82) is 0 Å². The van der Waals surface area contributed by atoms with Gasteiger partial charge in [-0.2, -0.15) is 0 Å². The number of ether oxygens (including phenoxy) is 1. The van der Waals surface area contributed by atoms with Crippen LogP contribution in [0.4, 0.5) is 10.5 Å². The number of anilines is 1. The van der Waals surface area contributed by atoms with Gasteiger partial charge in [0.15, 0.2) is 0 Å². The summed E-state index contributed by atoms with van der Waals surface area (Å²) in [5, 5.41) is 2.84. The molecule has 0 unspecified atom stereocenters. The summed E-state index contributed by atoms with van der Waals surface area (Å²) in [6.45, 7) is 2.14. The van der Waals surface area contributed by atoms with Crippen LogP contribution in [0.5, 0.6) is 5.75 Å². The Morgan fingerprint density at radius 2 is 1.92 bits per heavy atom. The molecule has 2 amide bonds. The predicted molar refractivity (Wildman–Crippen MR) is 100 cm³/mol. The molecule has 1 N–H and O–H groups in total. The summed E-state index contributed by atoms with van der Waals surface area (Å²) < 4.78 is 5.11. The van der Waals surface area contributed by atoms with Gasteiger partial charge in [0.25, 0.3) is 11.1 Å². The fourth-order valence-electron chi connectivity index (χ4n) is 2.41. The lowest BCUT2D eigenvalue weighted by Crippen LogP contribution is -2.33. The minimum atomic E-state index is -0.286. The first-order valence-electron chi connectivity index (χ1n) is 7.77. The number of nitrogens with zero attached hydrogens (tertiary/aromatic N) is 1. The summed E-state index contributed by atoms with van der Waals surface area (Å²) >= 11 is 0.952. The Labute approximate surface area is 150 Å². The highest BCUT2D eigenvalue weighted by molar-refractivity contribution is 8.18. The second kappa shape index (κ2) is 7.44. The van der Waals surface area contributed by atoms with Crippen LogP contribution in [0.2, 0.25) is 0 Å². The van der Waals surface area contributed by atoms with Crippen LogP contribution in [-0.4, -0.2) is 29.8 Å². The van der Waals surface area contributed by atoms with Gasteiger partial charge in [-0.3, -0.25) is 14.5 Å². The monoisotopic (exact) mass is 354 g/mol. The van der Waals surface area contributed by atoms with Gasteiger partial charge in [0, 0.05) is 5.69 Å². The number of hydrogen-bond acceptors (Lipinski definition) is 5. The molecule has 5 nitrogen and oxygen atoms in total. The zero-order valence-electron chi connectivity index (χ0n) is 14.0. The molecule has 0 saturated carbocycles. The molecule has 1 saturated heterocycles. The molecule has 25 heavy (non-hydrogen) atoms. The lowest BCUT2D eigenvalue weighted by Gasteiger charge is -2.14. The fourth-order valence-corrected chi connectivity index (χ4v) is 3.25. The molecule has 128 valence electrons. The van der Waals surface area contributed by atoms with Gasteiger partial charge in [0.1, 0.15) is 5.75 Å². The van der Waals surface area contributed by atoms with Gasteiger partial charge >= 0.3 is 0 Å². The maximum atomic E-state index is 12.5. The van der Waals surface area contributed by atoms with E-state index in [2.05, 4.69) is 5.32 Å². The molecule has 6 heteroatoms. The van der Waals surface area contributed by atoms with E-state index in [0.717, 1.165) is 34.3 Å². The van der Waals surface area contributed by atoms with E-state index in [1.54, 1.807) is 13.2 Å². The van der Waals surface area contributed by atoms with Crippen LogP contribution in [0.15, 0.2) is 53.4 Å². The fraction of sp³-hybridized carbons (Fsp3) is 0.158. The summed E-state index contributed by atoms with van der Waals surface area (Å²) in [5.74, 6) is 0.457. The van der Waals surface area contributed by atoms with Crippen molar-refractivity contribution in [3.05, 3.63) is 64.6 Å². The second-order valence-corrected chi connectivity index (χ2v) is 6.58. The summed E-state index contributed by atoms with van der Waals surface area (Å²) in [5.41, 5.74) is 2.83. The third-order valence-electron chi connectivity index (χ3n) is 3.75. The molecule has 1 fully saturated rings. The molecule has 0 aromatic heterocycles. The van der Waals surface area contributed by atoms with Crippen molar-refractivity contribution >= 4 is 34.7 Å². The normalized spacial score (nSPS) is 15.8. The Morgan fingerprint density at radius 1 is 1.16 bits per heavy atom. The number of aryl methyl sites for hydroxylation is 1. The van der Waals surface area contributed by atoms with Crippen LogP contribution in [0.1, 0.15) is 11.1 Å². The Balaban J connectivity index is 1.69. The number of amides is 2. The SMILES string of the molecule is COc1ccc(C=C2SC(=O)N(CNc3cccc(C)c3)C2=O)cc1. The number of rotatable bonds is 5. The molecule has 0 aliphatic carbocycles. The number of carbonyl (C=O) groups excluding carboxylic acids is 2. The number of carbonyl (C=O) groups is 2. The molecular weight excluding hydrogens is 336 g/mol. The number of hydrogen-bond donors (Lipinski definition) is 1. The van der Waals surface area contributed by atoms with Crippen LogP contribution < -0.4 is 10.1 Å². The maximum Gasteiger partial charge on any atom is 0.295 e. The highest BCUT2D eigenvalue weighted by atomic mass is 32.2. The van der Waals surface area contributed by atoms with E-state index in [1.165, 1.54) is 4.90 Å². The Morgan fingerprint density at radius 3 is 2.60 bits per heavy atom. The van der Waals surface area contributed by atoms with Gasteiger partial charge in [-0.15, -0.1) is 0 Å². The van der Waals surface area contributed by atoms with Gasteiger partial charge in [-0.25, -0.2) is 0 Å². The van der Waals surface area contributed by atoms with Crippen molar-refractivity contribution < 1.29 is 14.3 Å². The molecular formula is C19H18N2O3S. The van der Waals surface area contributed by atoms with Gasteiger partial charge in [-0.05, 0) is 60.2 Å². The largest absolute Gasteiger partial charge is 0.497 e. The number of nitrogens with one attached hydrogen (secondary N) is 1. The van der Waals surface area contributed by atoms with Crippen molar-refractivity contribution in [1.82, 2.24) is 4.90 Å². The Hall–Kier alpha value is -2.73. The van der Waals surface area contributed by atoms with Crippen molar-refractivity contribution in [3.8, 4) is 5.75 Å². The number of thioether (sulfide) groups is 1. The van der Waals surface area contributed by atoms with E-state index in [4.69, 9.17) is 4.74 Å². The highest BCUT2D eigenvalue weighted by Gasteiger charge is 2.34. The van der Waals surface area contributed by atoms with Crippen molar-refractivity contribution in [2.45, 2.75) is 6.92 Å². The second-order valence-electron chi connectivity index (χ2n) is 5.59. The zero-order valence-corrected chi connectivity index (χ0v) is 14.8. The van der Waals surface area contributed by atoms with Gasteiger partial charge in [0.05, 0.1) is 18.7 Å². The van der Waals surface area contributed by atoms with Gasteiger partial charge in [-0.1, -0.05) is 24.3 Å². The van der Waals surface area contributed by atoms with E-state index in [-0.39, 0.29) is 17.8 Å². The summed E-state index contributed by atoms with van der Waals surface area (Å²) in [4.78, 5) is 26.3. The quantitative estimate of drug-likeness (QED) is 0.819. The average molecular weight is 354 g/mol. The van der Waals surface area contributed by atoms with Crippen LogP contribution in [-0.2, 0) is 4.79 Å². The highest BCUT2D eigenvalue weighted by Crippen LogP contribution is 2.32. The Kier molecular flexibility index (Phi) is 5.09. The molecule has 3 rings (SSSR count). The molecule has 1 aliphatic heterocycles. The van der Waals surface area contributed by atoms with E-state index in [0.29, 0.717) is 4.91 Å². The van der Waals surface area contributed by atoms with Gasteiger partial charge in [0.2, 0.25) is 0 Å². The molecule has 1 aliphatic rings.